The predicted octanol–water partition coefficient (Wildman–Crippen LogP) is -0.458. The first-order chi connectivity index (χ1) is 5.79. The van der Waals surface area contributed by atoms with Crippen LogP contribution in [-0.4, -0.2) is 18.4 Å². The lowest BCUT2D eigenvalue weighted by molar-refractivity contribution is 0.626. The zero-order valence-electron chi connectivity index (χ0n) is 6.11. The highest BCUT2D eigenvalue weighted by molar-refractivity contribution is 7.73. The van der Waals surface area contributed by atoms with Crippen LogP contribution in [0.2, 0.25) is 0 Å². The smallest absolute Gasteiger partial charge is 0.233 e. The Morgan fingerprint density at radius 2 is 2.33 bits per heavy atom. The summed E-state index contributed by atoms with van der Waals surface area (Å²) < 4.78 is 21.3. The molecule has 1 aromatic rings. The first-order valence-electron chi connectivity index (χ1n) is 3.43. The normalized spacial score (nSPS) is 14.5. The molecule has 1 aliphatic rings. The van der Waals surface area contributed by atoms with Gasteiger partial charge in [-0.1, -0.05) is 0 Å². The van der Waals surface area contributed by atoms with Crippen LogP contribution in [-0.2, 0) is 16.8 Å². The molecule has 0 atom stereocenters. The van der Waals surface area contributed by atoms with Gasteiger partial charge >= 0.3 is 0 Å². The van der Waals surface area contributed by atoms with E-state index in [-0.39, 0.29) is 4.99 Å². The van der Waals surface area contributed by atoms with Crippen LogP contribution in [0.3, 0.4) is 0 Å². The quantitative estimate of drug-likeness (QED) is 0.552. The number of pyridine rings is 1. The van der Waals surface area contributed by atoms with Crippen molar-refractivity contribution < 1.29 is 8.42 Å². The molecule has 1 aliphatic heterocycles. The summed E-state index contributed by atoms with van der Waals surface area (Å²) >= 11 is 0. The second-order valence-corrected chi connectivity index (χ2v) is 3.29. The summed E-state index contributed by atoms with van der Waals surface area (Å²) in [5.41, 5.74) is 1.47. The average molecular weight is 182 g/mol. The Balaban J connectivity index is 2.73. The maximum atomic E-state index is 10.6. The van der Waals surface area contributed by atoms with Gasteiger partial charge in [0.05, 0.1) is 5.69 Å². The molecule has 0 spiro atoms. The molecule has 0 bridgehead atoms. The van der Waals surface area contributed by atoms with Crippen molar-refractivity contribution in [3.8, 4) is 0 Å². The van der Waals surface area contributed by atoms with Crippen LogP contribution in [0.15, 0.2) is 18.3 Å². The van der Waals surface area contributed by atoms with Crippen molar-refractivity contribution in [2.24, 2.45) is 0 Å². The Bertz CT molecular complexity index is 442. The highest BCUT2D eigenvalue weighted by Gasteiger charge is 2.18. The van der Waals surface area contributed by atoms with Crippen molar-refractivity contribution in [2.75, 3.05) is 0 Å². The third kappa shape index (κ3) is 1.03. The molecular formula is C7H6N2O2S. The summed E-state index contributed by atoms with van der Waals surface area (Å²) in [4.78, 5) is 4.28. The number of fused-ring (bicyclic) bond motifs is 1. The number of hydrogen-bond donors (Lipinski definition) is 1. The maximum Gasteiger partial charge on any atom is 0.233 e. The maximum absolute atomic E-state index is 10.6. The fourth-order valence-electron chi connectivity index (χ4n) is 1.19. The summed E-state index contributed by atoms with van der Waals surface area (Å²) in [7, 11) is -2.19. The molecule has 1 N–H and O–H groups in total. The summed E-state index contributed by atoms with van der Waals surface area (Å²) in [6.45, 7) is 0.499. The first-order valence-corrected chi connectivity index (χ1v) is 4.51. The van der Waals surface area contributed by atoms with Crippen molar-refractivity contribution in [3.63, 3.8) is 0 Å². The highest BCUT2D eigenvalue weighted by atomic mass is 32.2. The molecule has 62 valence electrons. The van der Waals surface area contributed by atoms with Gasteiger partial charge in [-0.15, -0.1) is 0 Å². The number of rotatable bonds is 0. The molecule has 0 fully saturated rings. The van der Waals surface area contributed by atoms with E-state index in [1.165, 1.54) is 0 Å². The van der Waals surface area contributed by atoms with Crippen LogP contribution in [0.5, 0.6) is 0 Å². The van der Waals surface area contributed by atoms with Gasteiger partial charge in [0, 0.05) is 18.3 Å². The molecule has 2 rings (SSSR count). The molecule has 1 aromatic heterocycles. The van der Waals surface area contributed by atoms with E-state index >= 15 is 0 Å². The van der Waals surface area contributed by atoms with Crippen molar-refractivity contribution >= 4 is 15.3 Å². The van der Waals surface area contributed by atoms with Gasteiger partial charge < -0.3 is 0 Å². The van der Waals surface area contributed by atoms with E-state index in [1.54, 1.807) is 18.3 Å². The molecule has 0 saturated heterocycles. The second kappa shape index (κ2) is 2.69. The number of nitrogens with zero attached hydrogens (tertiary/aromatic N) is 1. The molecular weight excluding hydrogens is 176 g/mol. The van der Waals surface area contributed by atoms with E-state index in [0.717, 1.165) is 5.69 Å². The molecule has 0 saturated carbocycles. The lowest BCUT2D eigenvalue weighted by Crippen LogP contribution is -2.15. The van der Waals surface area contributed by atoms with Gasteiger partial charge in [-0.05, 0) is 12.1 Å². The van der Waals surface area contributed by atoms with E-state index in [9.17, 15) is 8.42 Å². The molecule has 0 aromatic carbocycles. The van der Waals surface area contributed by atoms with E-state index in [0.29, 0.717) is 12.1 Å². The standard InChI is InChI=1S/C7H6N2O2S/c10-12(11)7-5-2-1-3-8-6(5)4-9-7/h1-3,9H,4H2. The van der Waals surface area contributed by atoms with E-state index in [2.05, 4.69) is 10.3 Å². The first kappa shape index (κ1) is 7.45. The zero-order valence-corrected chi connectivity index (χ0v) is 6.93. The molecule has 5 heteroatoms. The largest absolute Gasteiger partial charge is 0.269 e. The van der Waals surface area contributed by atoms with Crippen LogP contribution < -0.4 is 5.32 Å². The third-order valence-electron chi connectivity index (χ3n) is 1.72. The lowest BCUT2D eigenvalue weighted by Gasteiger charge is -1.91. The predicted molar refractivity (Wildman–Crippen MR) is 44.1 cm³/mol. The zero-order chi connectivity index (χ0) is 8.55. The fourth-order valence-corrected chi connectivity index (χ4v) is 1.75. The van der Waals surface area contributed by atoms with Crippen LogP contribution in [0.25, 0.3) is 0 Å². The molecule has 0 radical (unpaired) electrons. The monoisotopic (exact) mass is 182 g/mol. The number of nitrogens with one attached hydrogen (secondary N) is 1. The van der Waals surface area contributed by atoms with Gasteiger partial charge in [-0.2, -0.15) is 8.42 Å². The van der Waals surface area contributed by atoms with Crippen LogP contribution in [0, 0.1) is 0 Å². The molecule has 2 heterocycles. The summed E-state index contributed by atoms with van der Waals surface area (Å²) in [6.07, 6.45) is 1.65. The fraction of sp³-hybridized carbons (Fsp3) is 0.143. The van der Waals surface area contributed by atoms with Gasteiger partial charge in [-0.3, -0.25) is 10.3 Å². The minimum Gasteiger partial charge on any atom is -0.269 e. The Hall–Kier alpha value is -1.20. The lowest BCUT2D eigenvalue weighted by atomic mass is 10.2. The summed E-state index contributed by atoms with van der Waals surface area (Å²) in [5, 5.41) is 2.76. The number of aromatic nitrogens is 1. The van der Waals surface area contributed by atoms with Crippen LogP contribution in [0.1, 0.15) is 11.3 Å². The van der Waals surface area contributed by atoms with Gasteiger partial charge in [0.15, 0.2) is 0 Å². The molecule has 0 aliphatic carbocycles. The average Bonchev–Trinajstić information content (AvgIpc) is 2.47. The Labute approximate surface area is 70.8 Å². The van der Waals surface area contributed by atoms with E-state index < -0.39 is 10.3 Å². The van der Waals surface area contributed by atoms with E-state index in [4.69, 9.17) is 0 Å². The molecule has 0 amide bonds. The molecule has 0 unspecified atom stereocenters. The van der Waals surface area contributed by atoms with Gasteiger partial charge in [-0.25, -0.2) is 0 Å². The van der Waals surface area contributed by atoms with Crippen molar-refractivity contribution in [1.29, 1.82) is 0 Å². The topological polar surface area (TPSA) is 59.1 Å². The van der Waals surface area contributed by atoms with Gasteiger partial charge in [0.2, 0.25) is 10.3 Å². The number of hydrogen-bond acceptors (Lipinski definition) is 3. The van der Waals surface area contributed by atoms with E-state index in [1.807, 2.05) is 0 Å². The van der Waals surface area contributed by atoms with Crippen molar-refractivity contribution in [2.45, 2.75) is 6.54 Å². The SMILES string of the molecule is O=S(=O)=C1NCc2ncccc21. The molecule has 12 heavy (non-hydrogen) atoms. The highest BCUT2D eigenvalue weighted by Crippen LogP contribution is 2.10. The minimum absolute atomic E-state index is 0.248. The van der Waals surface area contributed by atoms with Crippen LogP contribution in [0.4, 0.5) is 0 Å². The molecule has 4 nitrogen and oxygen atoms in total. The summed E-state index contributed by atoms with van der Waals surface area (Å²) in [6, 6.07) is 3.46. The Morgan fingerprint density at radius 1 is 1.50 bits per heavy atom. The Kier molecular flexibility index (Phi) is 1.67. The van der Waals surface area contributed by atoms with Gasteiger partial charge in [0.1, 0.15) is 4.99 Å². The van der Waals surface area contributed by atoms with Gasteiger partial charge in [0.25, 0.3) is 0 Å². The second-order valence-electron chi connectivity index (χ2n) is 2.42. The Morgan fingerprint density at radius 3 is 3.08 bits per heavy atom. The van der Waals surface area contributed by atoms with Crippen molar-refractivity contribution in [1.82, 2.24) is 10.3 Å². The summed E-state index contributed by atoms with van der Waals surface area (Å²) in [5.74, 6) is 0. The van der Waals surface area contributed by atoms with Crippen LogP contribution >= 0.6 is 0 Å². The van der Waals surface area contributed by atoms with Crippen molar-refractivity contribution in [3.05, 3.63) is 29.6 Å². The third-order valence-corrected chi connectivity index (χ3v) is 2.42. The minimum atomic E-state index is -2.19.